The number of rotatable bonds is 5. The normalized spacial score (nSPS) is 27.7. The molecule has 0 spiro atoms. The summed E-state index contributed by atoms with van der Waals surface area (Å²) in [5.74, 6) is 1.22. The molecule has 0 unspecified atom stereocenters. The molecule has 1 heterocycles. The van der Waals surface area contributed by atoms with Gasteiger partial charge in [0.1, 0.15) is 5.60 Å². The molecule has 2 N–H and O–H groups in total. The second kappa shape index (κ2) is 8.34. The SMILES string of the molecule is C[C@@H](N[C@H]1CCC[C@@H]1CNC(=O)OC(C)(C)C)C1CCOCC1. The van der Waals surface area contributed by atoms with E-state index in [0.29, 0.717) is 30.5 Å². The maximum Gasteiger partial charge on any atom is 0.407 e. The average molecular weight is 326 g/mol. The van der Waals surface area contributed by atoms with Gasteiger partial charge in [-0.2, -0.15) is 0 Å². The lowest BCUT2D eigenvalue weighted by atomic mass is 9.91. The molecule has 1 aliphatic heterocycles. The lowest BCUT2D eigenvalue weighted by Crippen LogP contribution is -2.47. The van der Waals surface area contributed by atoms with Crippen molar-refractivity contribution in [3.8, 4) is 0 Å². The first-order valence-corrected chi connectivity index (χ1v) is 9.16. The summed E-state index contributed by atoms with van der Waals surface area (Å²) >= 11 is 0. The lowest BCUT2D eigenvalue weighted by molar-refractivity contribution is 0.0499. The van der Waals surface area contributed by atoms with E-state index in [-0.39, 0.29) is 6.09 Å². The zero-order valence-electron chi connectivity index (χ0n) is 15.2. The molecule has 0 aromatic rings. The topological polar surface area (TPSA) is 59.6 Å². The van der Waals surface area contributed by atoms with Crippen molar-refractivity contribution in [3.63, 3.8) is 0 Å². The van der Waals surface area contributed by atoms with Crippen LogP contribution in [0, 0.1) is 11.8 Å². The summed E-state index contributed by atoms with van der Waals surface area (Å²) in [5.41, 5.74) is -0.436. The van der Waals surface area contributed by atoms with Gasteiger partial charge in [-0.25, -0.2) is 4.79 Å². The predicted octanol–water partition coefficient (Wildman–Crippen LogP) is 3.08. The van der Waals surface area contributed by atoms with Crippen molar-refractivity contribution in [2.45, 2.75) is 77.5 Å². The molecule has 1 saturated heterocycles. The fourth-order valence-electron chi connectivity index (χ4n) is 3.72. The fraction of sp³-hybridized carbons (Fsp3) is 0.944. The summed E-state index contributed by atoms with van der Waals surface area (Å²) in [6, 6.07) is 1.02. The van der Waals surface area contributed by atoms with Gasteiger partial charge < -0.3 is 20.1 Å². The summed E-state index contributed by atoms with van der Waals surface area (Å²) in [6.45, 7) is 10.5. The first-order chi connectivity index (χ1) is 10.8. The van der Waals surface area contributed by atoms with Crippen molar-refractivity contribution in [1.82, 2.24) is 10.6 Å². The number of hydrogen-bond acceptors (Lipinski definition) is 4. The van der Waals surface area contributed by atoms with Crippen LogP contribution in [0.1, 0.15) is 59.8 Å². The highest BCUT2D eigenvalue weighted by Crippen LogP contribution is 2.27. The Morgan fingerprint density at radius 2 is 1.91 bits per heavy atom. The number of amides is 1. The molecule has 2 fully saturated rings. The highest BCUT2D eigenvalue weighted by molar-refractivity contribution is 5.67. The molecular formula is C18H34N2O3. The van der Waals surface area contributed by atoms with E-state index in [1.165, 1.54) is 19.3 Å². The first kappa shape index (κ1) is 18.5. The fourth-order valence-corrected chi connectivity index (χ4v) is 3.72. The summed E-state index contributed by atoms with van der Waals surface area (Å²) in [4.78, 5) is 11.8. The van der Waals surface area contributed by atoms with Crippen LogP contribution in [-0.2, 0) is 9.47 Å². The van der Waals surface area contributed by atoms with Gasteiger partial charge in [0.15, 0.2) is 0 Å². The molecule has 1 aliphatic carbocycles. The van der Waals surface area contributed by atoms with Gasteiger partial charge in [0.05, 0.1) is 0 Å². The van der Waals surface area contributed by atoms with E-state index in [4.69, 9.17) is 9.47 Å². The zero-order valence-corrected chi connectivity index (χ0v) is 15.2. The van der Waals surface area contributed by atoms with Crippen LogP contribution in [0.15, 0.2) is 0 Å². The van der Waals surface area contributed by atoms with Crippen molar-refractivity contribution < 1.29 is 14.3 Å². The van der Waals surface area contributed by atoms with E-state index in [2.05, 4.69) is 17.6 Å². The van der Waals surface area contributed by atoms with Crippen LogP contribution >= 0.6 is 0 Å². The second-order valence-electron chi connectivity index (χ2n) is 8.09. The number of nitrogens with one attached hydrogen (secondary N) is 2. The molecule has 5 heteroatoms. The van der Waals surface area contributed by atoms with Crippen molar-refractivity contribution in [1.29, 1.82) is 0 Å². The Kier molecular flexibility index (Phi) is 6.72. The highest BCUT2D eigenvalue weighted by atomic mass is 16.6. The van der Waals surface area contributed by atoms with Crippen LogP contribution in [0.5, 0.6) is 0 Å². The van der Waals surface area contributed by atoms with Crippen LogP contribution < -0.4 is 10.6 Å². The van der Waals surface area contributed by atoms with Gasteiger partial charge in [-0.15, -0.1) is 0 Å². The van der Waals surface area contributed by atoms with E-state index in [1.54, 1.807) is 0 Å². The van der Waals surface area contributed by atoms with E-state index >= 15 is 0 Å². The van der Waals surface area contributed by atoms with E-state index < -0.39 is 5.60 Å². The Bertz CT molecular complexity index is 375. The molecule has 2 aliphatic rings. The molecule has 2 rings (SSSR count). The van der Waals surface area contributed by atoms with Crippen molar-refractivity contribution in [2.75, 3.05) is 19.8 Å². The molecule has 0 radical (unpaired) electrons. The van der Waals surface area contributed by atoms with Gasteiger partial charge in [-0.3, -0.25) is 0 Å². The van der Waals surface area contributed by atoms with Crippen LogP contribution in [0.2, 0.25) is 0 Å². The summed E-state index contributed by atoms with van der Waals surface area (Å²) in [6.07, 6.45) is 5.62. The predicted molar refractivity (Wildman–Crippen MR) is 91.5 cm³/mol. The maximum atomic E-state index is 11.8. The van der Waals surface area contributed by atoms with E-state index in [9.17, 15) is 4.79 Å². The van der Waals surface area contributed by atoms with Crippen LogP contribution in [0.25, 0.3) is 0 Å². The Hall–Kier alpha value is -0.810. The minimum Gasteiger partial charge on any atom is -0.444 e. The molecule has 3 atom stereocenters. The second-order valence-corrected chi connectivity index (χ2v) is 8.09. The van der Waals surface area contributed by atoms with Crippen molar-refractivity contribution >= 4 is 6.09 Å². The minimum atomic E-state index is -0.436. The van der Waals surface area contributed by atoms with Gasteiger partial charge in [0.25, 0.3) is 0 Å². The smallest absolute Gasteiger partial charge is 0.407 e. The Labute approximate surface area is 140 Å². The van der Waals surface area contributed by atoms with Gasteiger partial charge in [-0.05, 0) is 65.2 Å². The number of ether oxygens (including phenoxy) is 2. The quantitative estimate of drug-likeness (QED) is 0.815. The van der Waals surface area contributed by atoms with Crippen molar-refractivity contribution in [3.05, 3.63) is 0 Å². The molecule has 0 aromatic heterocycles. The molecule has 0 bridgehead atoms. The molecular weight excluding hydrogens is 292 g/mol. The van der Waals surface area contributed by atoms with Crippen LogP contribution in [0.4, 0.5) is 4.79 Å². The van der Waals surface area contributed by atoms with Gasteiger partial charge in [-0.1, -0.05) is 6.42 Å². The zero-order chi connectivity index (χ0) is 16.9. The number of alkyl carbamates (subject to hydrolysis) is 1. The Balaban J connectivity index is 1.75. The largest absolute Gasteiger partial charge is 0.444 e. The Morgan fingerprint density at radius 1 is 1.22 bits per heavy atom. The molecule has 23 heavy (non-hydrogen) atoms. The maximum absolute atomic E-state index is 11.8. The number of carbonyl (C=O) groups is 1. The van der Waals surface area contributed by atoms with Gasteiger partial charge in [0.2, 0.25) is 0 Å². The molecule has 1 saturated carbocycles. The molecule has 5 nitrogen and oxygen atoms in total. The third-order valence-corrected chi connectivity index (χ3v) is 5.02. The van der Waals surface area contributed by atoms with E-state index in [0.717, 1.165) is 26.1 Å². The number of hydrogen-bond donors (Lipinski definition) is 2. The summed E-state index contributed by atoms with van der Waals surface area (Å²) in [5, 5.41) is 6.77. The first-order valence-electron chi connectivity index (χ1n) is 9.16. The summed E-state index contributed by atoms with van der Waals surface area (Å²) in [7, 11) is 0. The standard InChI is InChI=1S/C18H34N2O3/c1-13(14-8-10-22-11-9-14)20-16-7-5-6-15(16)12-19-17(21)23-18(2,3)4/h13-16,20H,5-12H2,1-4H3,(H,19,21)/t13-,15-,16+/m1/s1. The third-order valence-electron chi connectivity index (χ3n) is 5.02. The average Bonchev–Trinajstić information content (AvgIpc) is 2.91. The van der Waals surface area contributed by atoms with Crippen molar-refractivity contribution in [2.24, 2.45) is 11.8 Å². The third kappa shape index (κ3) is 6.30. The van der Waals surface area contributed by atoms with Gasteiger partial charge in [0, 0.05) is 31.8 Å². The highest BCUT2D eigenvalue weighted by Gasteiger charge is 2.31. The summed E-state index contributed by atoms with van der Waals surface area (Å²) < 4.78 is 10.8. The lowest BCUT2D eigenvalue weighted by Gasteiger charge is -2.32. The van der Waals surface area contributed by atoms with Crippen LogP contribution in [-0.4, -0.2) is 43.5 Å². The van der Waals surface area contributed by atoms with Gasteiger partial charge >= 0.3 is 6.09 Å². The molecule has 0 aromatic carbocycles. The monoisotopic (exact) mass is 326 g/mol. The number of carbonyl (C=O) groups excluding carboxylic acids is 1. The molecule has 134 valence electrons. The molecule has 1 amide bonds. The van der Waals surface area contributed by atoms with Crippen LogP contribution in [0.3, 0.4) is 0 Å². The van der Waals surface area contributed by atoms with E-state index in [1.807, 2.05) is 20.8 Å². The minimum absolute atomic E-state index is 0.305. The Morgan fingerprint density at radius 3 is 2.57 bits per heavy atom.